The van der Waals surface area contributed by atoms with Crippen molar-refractivity contribution < 1.29 is 0 Å². The lowest BCUT2D eigenvalue weighted by atomic mass is 10.2. The van der Waals surface area contributed by atoms with E-state index in [0.29, 0.717) is 29.7 Å². The molecule has 0 spiro atoms. The van der Waals surface area contributed by atoms with E-state index in [9.17, 15) is 9.59 Å². The zero-order chi connectivity index (χ0) is 12.6. The van der Waals surface area contributed by atoms with Crippen molar-refractivity contribution in [2.45, 2.75) is 6.42 Å². The van der Waals surface area contributed by atoms with Gasteiger partial charge in [-0.15, -0.1) is 5.10 Å². The van der Waals surface area contributed by atoms with Crippen LogP contribution in [0.25, 0.3) is 11.0 Å². The molecule has 0 aliphatic rings. The van der Waals surface area contributed by atoms with E-state index in [-0.39, 0.29) is 5.56 Å². The molecular formula is C10H13N5O2. The highest BCUT2D eigenvalue weighted by Crippen LogP contribution is 2.04. The van der Waals surface area contributed by atoms with Crippen LogP contribution < -0.4 is 17.0 Å². The van der Waals surface area contributed by atoms with Crippen LogP contribution >= 0.6 is 0 Å². The summed E-state index contributed by atoms with van der Waals surface area (Å²) in [5.41, 5.74) is 5.58. The predicted octanol–water partition coefficient (Wildman–Crippen LogP) is -1.47. The molecule has 90 valence electrons. The largest absolute Gasteiger partial charge is 0.332 e. The van der Waals surface area contributed by atoms with Gasteiger partial charge in [0.25, 0.3) is 5.56 Å². The molecule has 0 saturated carbocycles. The number of fused-ring (bicyclic) bond motifs is 1. The molecule has 0 aromatic carbocycles. The van der Waals surface area contributed by atoms with Crippen molar-refractivity contribution in [1.29, 1.82) is 0 Å². The van der Waals surface area contributed by atoms with Crippen LogP contribution in [0.2, 0.25) is 0 Å². The van der Waals surface area contributed by atoms with Crippen LogP contribution in [0.1, 0.15) is 5.69 Å². The summed E-state index contributed by atoms with van der Waals surface area (Å²) in [6.07, 6.45) is 0.551. The quantitative estimate of drug-likeness (QED) is 0.685. The first-order valence-corrected chi connectivity index (χ1v) is 5.18. The summed E-state index contributed by atoms with van der Waals surface area (Å²) in [5.74, 6) is 0. The van der Waals surface area contributed by atoms with E-state index >= 15 is 0 Å². The fraction of sp³-hybridized carbons (Fsp3) is 0.400. The minimum Gasteiger partial charge on any atom is -0.330 e. The molecule has 2 N–H and O–H groups in total. The standard InChI is InChI=1S/C10H13N5O2/c1-14-8-7(9(16)15(2)10(14)17)5-6(3-4-11)12-13-8/h5H,3-4,11H2,1-2H3. The molecule has 2 aromatic rings. The molecule has 17 heavy (non-hydrogen) atoms. The van der Waals surface area contributed by atoms with Crippen LogP contribution in [0.4, 0.5) is 0 Å². The van der Waals surface area contributed by atoms with E-state index in [0.717, 1.165) is 4.57 Å². The van der Waals surface area contributed by atoms with Gasteiger partial charge in [-0.2, -0.15) is 5.10 Å². The summed E-state index contributed by atoms with van der Waals surface area (Å²) in [4.78, 5) is 23.6. The Labute approximate surface area is 96.5 Å². The third-order valence-electron chi connectivity index (χ3n) is 2.65. The van der Waals surface area contributed by atoms with Gasteiger partial charge in [-0.1, -0.05) is 0 Å². The van der Waals surface area contributed by atoms with E-state index < -0.39 is 5.69 Å². The number of aromatic nitrogens is 4. The van der Waals surface area contributed by atoms with E-state index in [1.807, 2.05) is 0 Å². The number of hydrogen-bond donors (Lipinski definition) is 1. The van der Waals surface area contributed by atoms with Crippen molar-refractivity contribution in [2.24, 2.45) is 19.8 Å². The molecule has 0 amide bonds. The van der Waals surface area contributed by atoms with Crippen LogP contribution in [0, 0.1) is 0 Å². The van der Waals surface area contributed by atoms with Gasteiger partial charge in [-0.05, 0) is 12.6 Å². The van der Waals surface area contributed by atoms with Gasteiger partial charge in [-0.25, -0.2) is 4.79 Å². The summed E-state index contributed by atoms with van der Waals surface area (Å²) >= 11 is 0. The molecular weight excluding hydrogens is 222 g/mol. The Hall–Kier alpha value is -2.02. The Morgan fingerprint density at radius 1 is 1.24 bits per heavy atom. The molecule has 2 heterocycles. The molecule has 0 atom stereocenters. The van der Waals surface area contributed by atoms with Crippen molar-refractivity contribution in [3.05, 3.63) is 32.6 Å². The summed E-state index contributed by atoms with van der Waals surface area (Å²) in [5, 5.41) is 8.22. The van der Waals surface area contributed by atoms with Crippen molar-refractivity contribution in [2.75, 3.05) is 6.54 Å². The number of nitrogens with two attached hydrogens (primary N) is 1. The number of aryl methyl sites for hydroxylation is 1. The second-order valence-corrected chi connectivity index (χ2v) is 3.82. The lowest BCUT2D eigenvalue weighted by Gasteiger charge is -2.06. The first-order valence-electron chi connectivity index (χ1n) is 5.18. The van der Waals surface area contributed by atoms with Crippen LogP contribution in [-0.4, -0.2) is 25.9 Å². The average Bonchev–Trinajstić information content (AvgIpc) is 2.34. The van der Waals surface area contributed by atoms with Crippen LogP contribution in [-0.2, 0) is 20.5 Å². The second-order valence-electron chi connectivity index (χ2n) is 3.82. The predicted molar refractivity (Wildman–Crippen MR) is 62.8 cm³/mol. The Balaban J connectivity index is 2.87. The van der Waals surface area contributed by atoms with Crippen molar-refractivity contribution >= 4 is 11.0 Å². The van der Waals surface area contributed by atoms with Gasteiger partial charge in [0, 0.05) is 20.5 Å². The van der Waals surface area contributed by atoms with Crippen LogP contribution in [0.5, 0.6) is 0 Å². The van der Waals surface area contributed by atoms with Crippen LogP contribution in [0.15, 0.2) is 15.7 Å². The molecule has 0 aliphatic heterocycles. The molecule has 0 aliphatic carbocycles. The molecule has 7 heteroatoms. The number of rotatable bonds is 2. The highest BCUT2D eigenvalue weighted by atomic mass is 16.2. The molecule has 2 rings (SSSR count). The van der Waals surface area contributed by atoms with Gasteiger partial charge >= 0.3 is 5.69 Å². The molecule has 7 nitrogen and oxygen atoms in total. The minimum absolute atomic E-state index is 0.291. The van der Waals surface area contributed by atoms with Crippen molar-refractivity contribution in [1.82, 2.24) is 19.3 Å². The molecule has 0 bridgehead atoms. The van der Waals surface area contributed by atoms with Gasteiger partial charge in [0.15, 0.2) is 5.65 Å². The summed E-state index contributed by atoms with van der Waals surface area (Å²) in [6.45, 7) is 0.437. The third kappa shape index (κ3) is 1.74. The van der Waals surface area contributed by atoms with E-state index in [1.165, 1.54) is 11.6 Å². The normalized spacial score (nSPS) is 11.0. The Kier molecular flexibility index (Phi) is 2.76. The van der Waals surface area contributed by atoms with Crippen LogP contribution in [0.3, 0.4) is 0 Å². The van der Waals surface area contributed by atoms with Crippen molar-refractivity contribution in [3.8, 4) is 0 Å². The SMILES string of the molecule is Cn1c(=O)c2cc(CCN)nnc2n(C)c1=O. The topological polar surface area (TPSA) is 95.8 Å². The maximum Gasteiger partial charge on any atom is 0.332 e. The maximum absolute atomic E-state index is 11.9. The van der Waals surface area contributed by atoms with E-state index in [4.69, 9.17) is 5.73 Å². The Morgan fingerprint density at radius 3 is 2.59 bits per heavy atom. The Bertz CT molecular complexity index is 685. The van der Waals surface area contributed by atoms with E-state index in [1.54, 1.807) is 13.1 Å². The third-order valence-corrected chi connectivity index (χ3v) is 2.65. The van der Waals surface area contributed by atoms with Gasteiger partial charge in [-0.3, -0.25) is 13.9 Å². The molecule has 0 saturated heterocycles. The fourth-order valence-electron chi connectivity index (χ4n) is 1.68. The average molecular weight is 235 g/mol. The molecule has 0 radical (unpaired) electrons. The minimum atomic E-state index is -0.414. The molecule has 2 aromatic heterocycles. The highest BCUT2D eigenvalue weighted by Gasteiger charge is 2.10. The summed E-state index contributed by atoms with van der Waals surface area (Å²) in [6, 6.07) is 1.64. The zero-order valence-electron chi connectivity index (χ0n) is 9.67. The van der Waals surface area contributed by atoms with Gasteiger partial charge in [0.05, 0.1) is 11.1 Å². The smallest absolute Gasteiger partial charge is 0.330 e. The monoisotopic (exact) mass is 235 g/mol. The zero-order valence-corrected chi connectivity index (χ0v) is 9.67. The van der Waals surface area contributed by atoms with Gasteiger partial charge < -0.3 is 5.73 Å². The van der Waals surface area contributed by atoms with Crippen molar-refractivity contribution in [3.63, 3.8) is 0 Å². The van der Waals surface area contributed by atoms with Gasteiger partial charge in [0.1, 0.15) is 0 Å². The highest BCUT2D eigenvalue weighted by molar-refractivity contribution is 5.73. The second kappa shape index (κ2) is 4.10. The maximum atomic E-state index is 11.9. The molecule has 0 fully saturated rings. The van der Waals surface area contributed by atoms with E-state index in [2.05, 4.69) is 10.2 Å². The first kappa shape index (κ1) is 11.5. The lowest BCUT2D eigenvalue weighted by Crippen LogP contribution is -2.37. The fourth-order valence-corrected chi connectivity index (χ4v) is 1.68. The molecule has 0 unspecified atom stereocenters. The number of hydrogen-bond acceptors (Lipinski definition) is 5. The first-order chi connectivity index (χ1) is 8.06. The summed E-state index contributed by atoms with van der Waals surface area (Å²) < 4.78 is 2.35. The van der Waals surface area contributed by atoms with Gasteiger partial charge in [0.2, 0.25) is 0 Å². The Morgan fingerprint density at radius 2 is 1.94 bits per heavy atom. The lowest BCUT2D eigenvalue weighted by molar-refractivity contribution is 0.700. The summed E-state index contributed by atoms with van der Waals surface area (Å²) in [7, 11) is 2.99. The number of nitrogens with zero attached hydrogens (tertiary/aromatic N) is 4.